The zero-order valence-corrected chi connectivity index (χ0v) is 19.4. The molecule has 1 aliphatic heterocycles. The predicted octanol–water partition coefficient (Wildman–Crippen LogP) is 4.63. The molecular weight excluding hydrogens is 474 g/mol. The fraction of sp³-hybridized carbons (Fsp3) is 0.0833. The van der Waals surface area contributed by atoms with Gasteiger partial charge in [0.05, 0.1) is 10.6 Å². The van der Waals surface area contributed by atoms with Crippen LogP contribution in [-0.2, 0) is 10.0 Å². The van der Waals surface area contributed by atoms with Crippen LogP contribution in [0.2, 0.25) is 0 Å². The summed E-state index contributed by atoms with van der Waals surface area (Å²) in [6, 6.07) is 19.8. The second-order valence-electron chi connectivity index (χ2n) is 7.35. The van der Waals surface area contributed by atoms with E-state index in [1.807, 2.05) is 23.6 Å². The van der Waals surface area contributed by atoms with Gasteiger partial charge in [-0.1, -0.05) is 18.2 Å². The fourth-order valence-electron chi connectivity index (χ4n) is 3.34. The van der Waals surface area contributed by atoms with Crippen LogP contribution in [0.5, 0.6) is 11.5 Å². The molecule has 0 fully saturated rings. The number of nitrogens with one attached hydrogen (secondary N) is 2. The van der Waals surface area contributed by atoms with Crippen molar-refractivity contribution in [2.45, 2.75) is 4.90 Å². The van der Waals surface area contributed by atoms with Crippen LogP contribution in [0.4, 0.5) is 10.8 Å². The lowest BCUT2D eigenvalue weighted by molar-refractivity contribution is 0.102. The third-order valence-corrected chi connectivity index (χ3v) is 7.17. The Morgan fingerprint density at radius 2 is 1.65 bits per heavy atom. The Hall–Kier alpha value is -3.89. The molecule has 5 rings (SSSR count). The van der Waals surface area contributed by atoms with E-state index in [2.05, 4.69) is 15.0 Å². The summed E-state index contributed by atoms with van der Waals surface area (Å²) in [6.45, 7) is 1.03. The first-order valence-corrected chi connectivity index (χ1v) is 12.7. The molecule has 0 bridgehead atoms. The maximum absolute atomic E-state index is 12.6. The largest absolute Gasteiger partial charge is 0.486 e. The number of hydrogen-bond acceptors (Lipinski definition) is 7. The van der Waals surface area contributed by atoms with Crippen molar-refractivity contribution in [2.75, 3.05) is 23.3 Å². The number of fused-ring (bicyclic) bond motifs is 1. The molecule has 172 valence electrons. The van der Waals surface area contributed by atoms with Gasteiger partial charge < -0.3 is 9.47 Å². The number of nitrogens with zero attached hydrogens (tertiary/aromatic N) is 1. The first-order valence-electron chi connectivity index (χ1n) is 10.3. The smallest absolute Gasteiger partial charge is 0.261 e. The number of benzene rings is 3. The quantitative estimate of drug-likeness (QED) is 0.406. The van der Waals surface area contributed by atoms with Crippen molar-refractivity contribution in [3.05, 3.63) is 83.7 Å². The van der Waals surface area contributed by atoms with Gasteiger partial charge in [-0.25, -0.2) is 13.4 Å². The Bertz CT molecular complexity index is 1440. The first kappa shape index (κ1) is 21.9. The molecule has 34 heavy (non-hydrogen) atoms. The summed E-state index contributed by atoms with van der Waals surface area (Å²) in [6.07, 6.45) is 0. The minimum atomic E-state index is -3.70. The molecule has 3 aromatic carbocycles. The number of ether oxygens (including phenoxy) is 2. The summed E-state index contributed by atoms with van der Waals surface area (Å²) >= 11 is 1.31. The number of carbonyl (C=O) groups excluding carboxylic acids is 1. The molecular formula is C24H19N3O5S2. The molecule has 1 aromatic heterocycles. The lowest BCUT2D eigenvalue weighted by Crippen LogP contribution is -2.15. The number of amides is 1. The maximum atomic E-state index is 12.6. The van der Waals surface area contributed by atoms with E-state index < -0.39 is 10.0 Å². The molecule has 0 unspecified atom stereocenters. The maximum Gasteiger partial charge on any atom is 0.261 e. The van der Waals surface area contributed by atoms with Crippen LogP contribution < -0.4 is 19.5 Å². The van der Waals surface area contributed by atoms with Gasteiger partial charge >= 0.3 is 0 Å². The third-order valence-electron chi connectivity index (χ3n) is 5.02. The van der Waals surface area contributed by atoms with E-state index in [1.54, 1.807) is 30.3 Å². The Kier molecular flexibility index (Phi) is 5.91. The number of thiazole rings is 1. The normalized spacial score (nSPS) is 12.7. The van der Waals surface area contributed by atoms with E-state index in [9.17, 15) is 13.2 Å². The highest BCUT2D eigenvalue weighted by Gasteiger charge is 2.16. The average molecular weight is 494 g/mol. The number of anilines is 2. The Morgan fingerprint density at radius 1 is 0.912 bits per heavy atom. The van der Waals surface area contributed by atoms with Gasteiger partial charge in [-0.3, -0.25) is 14.8 Å². The van der Waals surface area contributed by atoms with Crippen LogP contribution in [0, 0.1) is 0 Å². The minimum Gasteiger partial charge on any atom is -0.486 e. The number of rotatable bonds is 6. The van der Waals surface area contributed by atoms with Gasteiger partial charge in [-0.15, -0.1) is 11.3 Å². The van der Waals surface area contributed by atoms with Crippen LogP contribution in [0.15, 0.2) is 83.1 Å². The fourth-order valence-corrected chi connectivity index (χ4v) is 5.13. The van der Waals surface area contributed by atoms with Crippen LogP contribution in [0.25, 0.3) is 11.3 Å². The van der Waals surface area contributed by atoms with Crippen molar-refractivity contribution < 1.29 is 22.7 Å². The molecule has 4 aromatic rings. The molecule has 0 atom stereocenters. The van der Waals surface area contributed by atoms with Crippen molar-refractivity contribution in [2.24, 2.45) is 0 Å². The van der Waals surface area contributed by atoms with Gasteiger partial charge in [0.1, 0.15) is 13.2 Å². The SMILES string of the molecule is O=C(Nc1nc(-c2ccc3c(c2)OCCO3)cs1)c1ccc(NS(=O)(=O)c2ccccc2)cc1. The van der Waals surface area contributed by atoms with Crippen molar-refractivity contribution >= 4 is 38.1 Å². The van der Waals surface area contributed by atoms with E-state index in [4.69, 9.17) is 9.47 Å². The summed E-state index contributed by atoms with van der Waals surface area (Å²) in [4.78, 5) is 17.3. The highest BCUT2D eigenvalue weighted by atomic mass is 32.2. The second kappa shape index (κ2) is 9.16. The second-order valence-corrected chi connectivity index (χ2v) is 9.89. The summed E-state index contributed by atoms with van der Waals surface area (Å²) in [5.74, 6) is 1.03. The highest BCUT2D eigenvalue weighted by molar-refractivity contribution is 7.92. The van der Waals surface area contributed by atoms with E-state index in [0.717, 1.165) is 5.56 Å². The predicted molar refractivity (Wildman–Crippen MR) is 130 cm³/mol. The molecule has 1 aliphatic rings. The molecule has 0 saturated heterocycles. The van der Waals surface area contributed by atoms with Gasteiger partial charge in [0.15, 0.2) is 16.6 Å². The van der Waals surface area contributed by atoms with Crippen LogP contribution >= 0.6 is 11.3 Å². The summed E-state index contributed by atoms with van der Waals surface area (Å²) < 4.78 is 38.6. The minimum absolute atomic E-state index is 0.161. The summed E-state index contributed by atoms with van der Waals surface area (Å²) in [5.41, 5.74) is 2.30. The zero-order valence-electron chi connectivity index (χ0n) is 17.7. The monoisotopic (exact) mass is 493 g/mol. The average Bonchev–Trinajstić information content (AvgIpc) is 3.33. The topological polar surface area (TPSA) is 107 Å². The van der Waals surface area contributed by atoms with Gasteiger partial charge in [0.25, 0.3) is 15.9 Å². The van der Waals surface area contributed by atoms with E-state index in [-0.39, 0.29) is 10.8 Å². The zero-order chi connectivity index (χ0) is 23.5. The van der Waals surface area contributed by atoms with Crippen LogP contribution in [0.3, 0.4) is 0 Å². The molecule has 2 heterocycles. The van der Waals surface area contributed by atoms with Crippen molar-refractivity contribution in [3.8, 4) is 22.8 Å². The van der Waals surface area contributed by atoms with E-state index in [1.165, 1.54) is 35.6 Å². The van der Waals surface area contributed by atoms with Crippen molar-refractivity contribution in [1.82, 2.24) is 4.98 Å². The molecule has 0 saturated carbocycles. The highest BCUT2D eigenvalue weighted by Crippen LogP contribution is 2.35. The Morgan fingerprint density at radius 3 is 2.41 bits per heavy atom. The standard InChI is InChI=1S/C24H19N3O5S2/c28-23(16-6-9-18(10-7-16)27-34(29,30)19-4-2-1-3-5-19)26-24-25-20(15-33-24)17-8-11-21-22(14-17)32-13-12-31-21/h1-11,14-15,27H,12-13H2,(H,25,26,28). The molecule has 10 heteroatoms. The van der Waals surface area contributed by atoms with Crippen molar-refractivity contribution in [1.29, 1.82) is 0 Å². The van der Waals surface area contributed by atoms with Gasteiger partial charge in [-0.2, -0.15) is 0 Å². The molecule has 0 radical (unpaired) electrons. The van der Waals surface area contributed by atoms with Gasteiger partial charge in [0.2, 0.25) is 0 Å². The van der Waals surface area contributed by atoms with E-state index in [0.29, 0.717) is 46.8 Å². The first-order chi connectivity index (χ1) is 16.5. The summed E-state index contributed by atoms with van der Waals surface area (Å²) in [5, 5.41) is 5.08. The van der Waals surface area contributed by atoms with Crippen molar-refractivity contribution in [3.63, 3.8) is 0 Å². The lowest BCUT2D eigenvalue weighted by Gasteiger charge is -2.18. The van der Waals surface area contributed by atoms with Crippen LogP contribution in [-0.4, -0.2) is 32.5 Å². The Balaban J connectivity index is 1.25. The van der Waals surface area contributed by atoms with Gasteiger partial charge in [-0.05, 0) is 54.6 Å². The lowest BCUT2D eigenvalue weighted by atomic mass is 10.1. The number of hydrogen-bond donors (Lipinski definition) is 2. The third kappa shape index (κ3) is 4.73. The summed E-state index contributed by atoms with van der Waals surface area (Å²) in [7, 11) is -3.70. The Labute approximate surface area is 200 Å². The van der Waals surface area contributed by atoms with Gasteiger partial charge in [0, 0.05) is 22.2 Å². The number of sulfonamides is 1. The molecule has 8 nitrogen and oxygen atoms in total. The van der Waals surface area contributed by atoms with Crippen LogP contribution in [0.1, 0.15) is 10.4 Å². The van der Waals surface area contributed by atoms with E-state index >= 15 is 0 Å². The molecule has 0 spiro atoms. The molecule has 2 N–H and O–H groups in total. The molecule has 1 amide bonds. The number of aromatic nitrogens is 1. The molecule has 0 aliphatic carbocycles. The number of carbonyl (C=O) groups is 1.